The van der Waals surface area contributed by atoms with Gasteiger partial charge in [-0.15, -0.1) is 0 Å². The van der Waals surface area contributed by atoms with Crippen molar-refractivity contribution < 1.29 is 9.47 Å². The van der Waals surface area contributed by atoms with Gasteiger partial charge < -0.3 is 9.47 Å². The Hall–Kier alpha value is -0.0300. The molecule has 1 saturated heterocycles. The molecule has 0 bridgehead atoms. The summed E-state index contributed by atoms with van der Waals surface area (Å²) in [5.41, 5.74) is 0.304. The second-order valence-corrected chi connectivity index (χ2v) is 6.90. The van der Waals surface area contributed by atoms with E-state index in [1.54, 1.807) is 11.8 Å². The molecule has 0 N–H and O–H groups in total. The highest BCUT2D eigenvalue weighted by Gasteiger charge is 2.27. The average molecular weight is 331 g/mol. The summed E-state index contributed by atoms with van der Waals surface area (Å²) in [6, 6.07) is 8.33. The molecule has 0 atom stereocenters. The highest BCUT2D eigenvalue weighted by Crippen LogP contribution is 2.30. The lowest BCUT2D eigenvalue weighted by atomic mass is 9.83. The third kappa shape index (κ3) is 4.57. The van der Waals surface area contributed by atoms with Crippen molar-refractivity contribution in [1.29, 1.82) is 0 Å². The fourth-order valence-corrected chi connectivity index (χ4v) is 2.83. The van der Waals surface area contributed by atoms with Gasteiger partial charge in [-0.25, -0.2) is 0 Å². The minimum Gasteiger partial charge on any atom is -0.381 e. The molecule has 1 heterocycles. The number of rotatable bonds is 5. The van der Waals surface area contributed by atoms with Gasteiger partial charge in [0.05, 0.1) is 12.5 Å². The maximum Gasteiger partial charge on any atom is 0.0967 e. The summed E-state index contributed by atoms with van der Waals surface area (Å²) in [5, 5.41) is 0. The number of thioether (sulfide) groups is 1. The van der Waals surface area contributed by atoms with Gasteiger partial charge in [0, 0.05) is 22.6 Å². The Morgan fingerprint density at radius 1 is 1.28 bits per heavy atom. The SMILES string of the molecule is CC1(COCSc2ccc(Br)cc2)CCOCC1. The van der Waals surface area contributed by atoms with Crippen molar-refractivity contribution in [2.75, 3.05) is 25.8 Å². The van der Waals surface area contributed by atoms with Crippen LogP contribution in [0.25, 0.3) is 0 Å². The van der Waals surface area contributed by atoms with Gasteiger partial charge in [0.15, 0.2) is 0 Å². The highest BCUT2D eigenvalue weighted by atomic mass is 79.9. The molecule has 4 heteroatoms. The maximum atomic E-state index is 5.81. The van der Waals surface area contributed by atoms with Gasteiger partial charge in [-0.05, 0) is 42.5 Å². The molecule has 2 nitrogen and oxygen atoms in total. The zero-order valence-electron chi connectivity index (χ0n) is 10.7. The van der Waals surface area contributed by atoms with Crippen molar-refractivity contribution in [2.45, 2.75) is 24.7 Å². The lowest BCUT2D eigenvalue weighted by Crippen LogP contribution is -2.31. The molecule has 18 heavy (non-hydrogen) atoms. The van der Waals surface area contributed by atoms with Gasteiger partial charge in [-0.3, -0.25) is 0 Å². The van der Waals surface area contributed by atoms with E-state index in [0.717, 1.165) is 43.1 Å². The molecule has 1 fully saturated rings. The summed E-state index contributed by atoms with van der Waals surface area (Å²) < 4.78 is 12.3. The summed E-state index contributed by atoms with van der Waals surface area (Å²) in [6.45, 7) is 4.87. The summed E-state index contributed by atoms with van der Waals surface area (Å²) in [5.74, 6) is 0.720. The number of hydrogen-bond donors (Lipinski definition) is 0. The van der Waals surface area contributed by atoms with Crippen LogP contribution in [0.4, 0.5) is 0 Å². The molecule has 0 aliphatic carbocycles. The van der Waals surface area contributed by atoms with Crippen LogP contribution in [-0.2, 0) is 9.47 Å². The Kier molecular flexibility index (Phi) is 5.55. The van der Waals surface area contributed by atoms with Crippen molar-refractivity contribution in [3.63, 3.8) is 0 Å². The van der Waals surface area contributed by atoms with Crippen LogP contribution in [0, 0.1) is 5.41 Å². The van der Waals surface area contributed by atoms with Gasteiger partial charge in [-0.1, -0.05) is 34.6 Å². The van der Waals surface area contributed by atoms with Crippen LogP contribution in [0.2, 0.25) is 0 Å². The van der Waals surface area contributed by atoms with Crippen molar-refractivity contribution >= 4 is 27.7 Å². The fourth-order valence-electron chi connectivity index (χ4n) is 1.94. The molecule has 0 amide bonds. The predicted octanol–water partition coefficient (Wildman–Crippen LogP) is 4.33. The standard InChI is InChI=1S/C14H19BrO2S/c1-14(6-8-16-9-7-14)10-17-11-18-13-4-2-12(15)3-5-13/h2-5H,6-11H2,1H3. The van der Waals surface area contributed by atoms with Gasteiger partial charge >= 0.3 is 0 Å². The van der Waals surface area contributed by atoms with E-state index in [1.165, 1.54) is 4.90 Å². The van der Waals surface area contributed by atoms with Crippen LogP contribution in [0.3, 0.4) is 0 Å². The van der Waals surface area contributed by atoms with E-state index in [4.69, 9.17) is 9.47 Å². The fraction of sp³-hybridized carbons (Fsp3) is 0.571. The van der Waals surface area contributed by atoms with Crippen molar-refractivity contribution in [3.8, 4) is 0 Å². The lowest BCUT2D eigenvalue weighted by molar-refractivity contribution is -0.0202. The van der Waals surface area contributed by atoms with E-state index in [9.17, 15) is 0 Å². The normalized spacial score (nSPS) is 18.8. The maximum absolute atomic E-state index is 5.81. The lowest BCUT2D eigenvalue weighted by Gasteiger charge is -2.33. The largest absolute Gasteiger partial charge is 0.381 e. The van der Waals surface area contributed by atoms with Crippen LogP contribution in [0.5, 0.6) is 0 Å². The smallest absolute Gasteiger partial charge is 0.0967 e. The third-order valence-corrected chi connectivity index (χ3v) is 4.69. The van der Waals surface area contributed by atoms with Crippen molar-refractivity contribution in [3.05, 3.63) is 28.7 Å². The molecule has 0 unspecified atom stereocenters. The second kappa shape index (κ2) is 6.94. The molecule has 0 saturated carbocycles. The topological polar surface area (TPSA) is 18.5 Å². The molecule has 0 spiro atoms. The second-order valence-electron chi connectivity index (χ2n) is 4.99. The van der Waals surface area contributed by atoms with E-state index in [2.05, 4.69) is 47.1 Å². The Morgan fingerprint density at radius 3 is 2.61 bits per heavy atom. The first kappa shape index (κ1) is 14.4. The summed E-state index contributed by atoms with van der Waals surface area (Å²) >= 11 is 5.18. The first-order valence-electron chi connectivity index (χ1n) is 6.22. The molecule has 100 valence electrons. The van der Waals surface area contributed by atoms with Gasteiger partial charge in [-0.2, -0.15) is 0 Å². The van der Waals surface area contributed by atoms with E-state index in [0.29, 0.717) is 5.41 Å². The molecule has 1 aromatic rings. The minimum absolute atomic E-state index is 0.304. The quantitative estimate of drug-likeness (QED) is 0.454. The first-order valence-corrected chi connectivity index (χ1v) is 8.00. The van der Waals surface area contributed by atoms with Crippen LogP contribution in [0.15, 0.2) is 33.6 Å². The third-order valence-electron chi connectivity index (χ3n) is 3.27. The summed E-state index contributed by atoms with van der Waals surface area (Å²) in [7, 11) is 0. The molecule has 2 rings (SSSR count). The van der Waals surface area contributed by atoms with Crippen molar-refractivity contribution in [1.82, 2.24) is 0 Å². The van der Waals surface area contributed by atoms with Gasteiger partial charge in [0.25, 0.3) is 0 Å². The van der Waals surface area contributed by atoms with E-state index < -0.39 is 0 Å². The van der Waals surface area contributed by atoms with Crippen molar-refractivity contribution in [2.24, 2.45) is 5.41 Å². The predicted molar refractivity (Wildman–Crippen MR) is 79.0 cm³/mol. The van der Waals surface area contributed by atoms with Gasteiger partial charge in [0.1, 0.15) is 0 Å². The average Bonchev–Trinajstić information content (AvgIpc) is 2.38. The molecule has 0 aromatic heterocycles. The molecule has 1 aliphatic heterocycles. The van der Waals surface area contributed by atoms with Gasteiger partial charge in [0.2, 0.25) is 0 Å². The summed E-state index contributed by atoms with van der Waals surface area (Å²) in [6.07, 6.45) is 2.21. The molecule has 1 aromatic carbocycles. The molecule has 0 radical (unpaired) electrons. The molecular formula is C14H19BrO2S. The van der Waals surface area contributed by atoms with Crippen LogP contribution in [-0.4, -0.2) is 25.8 Å². The Morgan fingerprint density at radius 2 is 1.94 bits per heavy atom. The van der Waals surface area contributed by atoms with E-state index >= 15 is 0 Å². The Bertz CT molecular complexity index is 361. The van der Waals surface area contributed by atoms with Crippen LogP contribution < -0.4 is 0 Å². The monoisotopic (exact) mass is 330 g/mol. The summed E-state index contributed by atoms with van der Waals surface area (Å²) in [4.78, 5) is 1.25. The van der Waals surface area contributed by atoms with E-state index in [1.807, 2.05) is 0 Å². The number of ether oxygens (including phenoxy) is 2. The minimum atomic E-state index is 0.304. The Labute approximate surface area is 122 Å². The zero-order chi connectivity index (χ0) is 12.8. The van der Waals surface area contributed by atoms with Crippen LogP contribution >= 0.6 is 27.7 Å². The highest BCUT2D eigenvalue weighted by molar-refractivity contribution is 9.10. The number of halogens is 1. The Balaban J connectivity index is 1.67. The number of hydrogen-bond acceptors (Lipinski definition) is 3. The molecular weight excluding hydrogens is 312 g/mol. The van der Waals surface area contributed by atoms with Crippen LogP contribution in [0.1, 0.15) is 19.8 Å². The first-order chi connectivity index (χ1) is 8.68. The van der Waals surface area contributed by atoms with E-state index in [-0.39, 0.29) is 0 Å². The molecule has 1 aliphatic rings. The number of benzene rings is 1. The zero-order valence-corrected chi connectivity index (χ0v) is 13.1.